The van der Waals surface area contributed by atoms with Crippen molar-refractivity contribution in [2.75, 3.05) is 53.4 Å². The van der Waals surface area contributed by atoms with Gasteiger partial charge in [-0.1, -0.05) is 0 Å². The number of rotatable bonds is 11. The van der Waals surface area contributed by atoms with Crippen molar-refractivity contribution in [3.8, 4) is 5.75 Å². The Labute approximate surface area is 224 Å². The fourth-order valence-electron chi connectivity index (χ4n) is 6.56. The van der Waals surface area contributed by atoms with E-state index in [1.807, 2.05) is 0 Å². The molecule has 3 fully saturated rings. The maximum Gasteiger partial charge on any atom is 0.243 e. The lowest BCUT2D eigenvalue weighted by Crippen LogP contribution is -2.47. The third kappa shape index (κ3) is 7.14. The molecule has 2 heterocycles. The Morgan fingerprint density at radius 3 is 2.14 bits per heavy atom. The highest BCUT2D eigenvalue weighted by Crippen LogP contribution is 2.33. The number of aryl methyl sites for hydroxylation is 2. The summed E-state index contributed by atoms with van der Waals surface area (Å²) in [5.74, 6) is 2.15. The van der Waals surface area contributed by atoms with Gasteiger partial charge in [0.1, 0.15) is 11.5 Å². The molecule has 1 aromatic carbocycles. The molecule has 7 nitrogen and oxygen atoms in total. The molecule has 8 heteroatoms. The Kier molecular flexibility index (Phi) is 9.70. The minimum absolute atomic E-state index is 0.181. The molecule has 1 aromatic rings. The van der Waals surface area contributed by atoms with E-state index < -0.39 is 10.0 Å². The number of nitrogens with zero attached hydrogens (tertiary/aromatic N) is 3. The van der Waals surface area contributed by atoms with Crippen molar-refractivity contribution in [3.63, 3.8) is 0 Å². The van der Waals surface area contributed by atoms with Crippen LogP contribution in [0.15, 0.2) is 17.0 Å². The number of hydrogen-bond donors (Lipinski definition) is 0. The quantitative estimate of drug-likeness (QED) is 0.423. The van der Waals surface area contributed by atoms with E-state index in [2.05, 4.69) is 9.80 Å². The summed E-state index contributed by atoms with van der Waals surface area (Å²) in [7, 11) is -0.518. The molecule has 2 saturated heterocycles. The van der Waals surface area contributed by atoms with E-state index in [0.717, 1.165) is 18.8 Å². The third-order valence-electron chi connectivity index (χ3n) is 9.01. The molecule has 0 radical (unpaired) electrons. The number of piperidine rings is 1. The van der Waals surface area contributed by atoms with Crippen LogP contribution in [0.4, 0.5) is 0 Å². The van der Waals surface area contributed by atoms with Crippen molar-refractivity contribution in [2.24, 2.45) is 11.8 Å². The zero-order valence-electron chi connectivity index (χ0n) is 23.4. The van der Waals surface area contributed by atoms with Crippen LogP contribution in [-0.4, -0.2) is 87.8 Å². The second kappa shape index (κ2) is 12.6. The number of Topliss-reactive ketones (excluding diaryl/α,β-unsaturated/α-hetero) is 1. The Morgan fingerprint density at radius 1 is 0.973 bits per heavy atom. The van der Waals surface area contributed by atoms with Gasteiger partial charge in [0.2, 0.25) is 10.0 Å². The van der Waals surface area contributed by atoms with E-state index in [-0.39, 0.29) is 18.7 Å². The number of carbonyl (C=O) groups excluding carboxylic acids is 1. The molecular weight excluding hydrogens is 486 g/mol. The number of ketones is 1. The zero-order chi connectivity index (χ0) is 26.6. The molecule has 4 rings (SSSR count). The normalized spacial score (nSPS) is 24.2. The first kappa shape index (κ1) is 28.5. The molecule has 1 aliphatic carbocycles. The van der Waals surface area contributed by atoms with Crippen LogP contribution in [0.25, 0.3) is 0 Å². The average Bonchev–Trinajstić information content (AvgIpc) is 2.85. The summed E-state index contributed by atoms with van der Waals surface area (Å²) >= 11 is 0. The van der Waals surface area contributed by atoms with Crippen LogP contribution in [0, 0.1) is 25.7 Å². The summed E-state index contributed by atoms with van der Waals surface area (Å²) in [6.45, 7) is 10.2. The van der Waals surface area contributed by atoms with E-state index in [1.54, 1.807) is 40.1 Å². The maximum absolute atomic E-state index is 13.2. The molecule has 0 unspecified atom stereocenters. The van der Waals surface area contributed by atoms with Crippen LogP contribution in [0.1, 0.15) is 68.9 Å². The minimum Gasteiger partial charge on any atom is -0.497 e. The summed E-state index contributed by atoms with van der Waals surface area (Å²) in [6, 6.07) is 4.17. The summed E-state index contributed by atoms with van der Waals surface area (Å²) in [4.78, 5) is 18.4. The lowest BCUT2D eigenvalue weighted by Gasteiger charge is -2.42. The first-order valence-electron chi connectivity index (χ1n) is 14.3. The smallest absolute Gasteiger partial charge is 0.243 e. The molecule has 0 amide bonds. The van der Waals surface area contributed by atoms with E-state index in [0.29, 0.717) is 40.2 Å². The van der Waals surface area contributed by atoms with E-state index in [9.17, 15) is 13.2 Å². The van der Waals surface area contributed by atoms with E-state index in [4.69, 9.17) is 4.74 Å². The van der Waals surface area contributed by atoms with Gasteiger partial charge in [-0.25, -0.2) is 12.7 Å². The van der Waals surface area contributed by atoms with Crippen molar-refractivity contribution in [2.45, 2.75) is 82.6 Å². The second-order valence-electron chi connectivity index (χ2n) is 11.7. The highest BCUT2D eigenvalue weighted by atomic mass is 32.2. The van der Waals surface area contributed by atoms with Crippen molar-refractivity contribution in [3.05, 3.63) is 23.3 Å². The van der Waals surface area contributed by atoms with Crippen LogP contribution in [-0.2, 0) is 14.8 Å². The van der Waals surface area contributed by atoms with Crippen molar-refractivity contribution >= 4 is 15.8 Å². The zero-order valence-corrected chi connectivity index (χ0v) is 24.2. The molecule has 0 aromatic heterocycles. The number of benzene rings is 1. The first-order valence-corrected chi connectivity index (χ1v) is 15.7. The monoisotopic (exact) mass is 533 g/mol. The Morgan fingerprint density at radius 2 is 1.59 bits per heavy atom. The highest BCUT2D eigenvalue weighted by molar-refractivity contribution is 7.89. The molecule has 3 aliphatic rings. The van der Waals surface area contributed by atoms with Gasteiger partial charge in [0, 0.05) is 39.0 Å². The van der Waals surface area contributed by atoms with Crippen molar-refractivity contribution < 1.29 is 17.9 Å². The van der Waals surface area contributed by atoms with Crippen LogP contribution >= 0.6 is 0 Å². The van der Waals surface area contributed by atoms with Gasteiger partial charge in [0.25, 0.3) is 0 Å². The lowest BCUT2D eigenvalue weighted by atomic mass is 9.81. The summed E-state index contributed by atoms with van der Waals surface area (Å²) < 4.78 is 33.0. The van der Waals surface area contributed by atoms with Gasteiger partial charge in [0.05, 0.1) is 12.0 Å². The second-order valence-corrected chi connectivity index (χ2v) is 13.7. The van der Waals surface area contributed by atoms with Gasteiger partial charge >= 0.3 is 0 Å². The maximum atomic E-state index is 13.2. The topological polar surface area (TPSA) is 70.2 Å². The van der Waals surface area contributed by atoms with Gasteiger partial charge in [0.15, 0.2) is 0 Å². The number of ether oxygens (including phenoxy) is 1. The van der Waals surface area contributed by atoms with Gasteiger partial charge in [-0.05, 0) is 120 Å². The molecule has 37 heavy (non-hydrogen) atoms. The molecule has 208 valence electrons. The largest absolute Gasteiger partial charge is 0.497 e. The SMILES string of the molecule is COc1cc(C)c(S(=O)(=O)N(C)CCC(=O)CC2CCC(N3CCC(CN4CCC4)CC3)CC2)c(C)c1. The predicted octanol–water partition coefficient (Wildman–Crippen LogP) is 4.26. The van der Waals surface area contributed by atoms with Gasteiger partial charge in [-0.3, -0.25) is 4.79 Å². The predicted molar refractivity (Wildman–Crippen MR) is 148 cm³/mol. The van der Waals surface area contributed by atoms with Gasteiger partial charge in [-0.15, -0.1) is 0 Å². The number of carbonyl (C=O) groups is 1. The molecule has 0 spiro atoms. The number of methoxy groups -OCH3 is 1. The Balaban J connectivity index is 1.18. The molecule has 1 saturated carbocycles. The molecule has 0 N–H and O–H groups in total. The number of sulfonamides is 1. The number of likely N-dealkylation sites (tertiary alicyclic amines) is 2. The minimum atomic E-state index is -3.67. The summed E-state index contributed by atoms with van der Waals surface area (Å²) in [5.41, 5.74) is 1.32. The van der Waals surface area contributed by atoms with Crippen LogP contribution in [0.3, 0.4) is 0 Å². The standard InChI is InChI=1S/C29H47N3O4S/c1-22-18-28(36-4)19-23(2)29(22)37(34,35)30(3)15-12-27(33)20-24-6-8-26(9-7-24)32-16-10-25(11-17-32)21-31-13-5-14-31/h18-19,24-26H,5-17,20-21H2,1-4H3. The third-order valence-corrected chi connectivity index (χ3v) is 11.2. The van der Waals surface area contributed by atoms with Crippen molar-refractivity contribution in [1.82, 2.24) is 14.1 Å². The summed E-state index contributed by atoms with van der Waals surface area (Å²) in [6.07, 6.45) is 9.52. The van der Waals surface area contributed by atoms with Gasteiger partial charge < -0.3 is 14.5 Å². The molecule has 0 bridgehead atoms. The summed E-state index contributed by atoms with van der Waals surface area (Å²) in [5, 5.41) is 0. The van der Waals surface area contributed by atoms with Crippen LogP contribution in [0.2, 0.25) is 0 Å². The van der Waals surface area contributed by atoms with Crippen molar-refractivity contribution in [1.29, 1.82) is 0 Å². The lowest BCUT2D eigenvalue weighted by molar-refractivity contribution is -0.120. The molecule has 0 atom stereocenters. The molecule has 2 aliphatic heterocycles. The van der Waals surface area contributed by atoms with E-state index in [1.165, 1.54) is 69.1 Å². The first-order chi connectivity index (χ1) is 17.7. The van der Waals surface area contributed by atoms with Crippen LogP contribution < -0.4 is 4.74 Å². The average molecular weight is 534 g/mol. The Bertz CT molecular complexity index is 1000. The number of hydrogen-bond acceptors (Lipinski definition) is 6. The van der Waals surface area contributed by atoms with Crippen LogP contribution in [0.5, 0.6) is 5.75 Å². The highest BCUT2D eigenvalue weighted by Gasteiger charge is 2.31. The Hall–Kier alpha value is -1.48. The van der Waals surface area contributed by atoms with Gasteiger partial charge in [-0.2, -0.15) is 0 Å². The van der Waals surface area contributed by atoms with E-state index >= 15 is 0 Å². The molecular formula is C29H47N3O4S. The fourth-order valence-corrected chi connectivity index (χ4v) is 8.14. The fraction of sp³-hybridized carbons (Fsp3) is 0.759.